The molecule has 0 aliphatic carbocycles. The van der Waals surface area contributed by atoms with Crippen LogP contribution in [-0.2, 0) is 20.1 Å². The topological polar surface area (TPSA) is 25.8 Å². The van der Waals surface area contributed by atoms with Crippen molar-refractivity contribution in [3.05, 3.63) is 108 Å². The van der Waals surface area contributed by atoms with E-state index in [4.69, 9.17) is 0 Å². The van der Waals surface area contributed by atoms with Gasteiger partial charge in [0.1, 0.15) is 0 Å². The van der Waals surface area contributed by atoms with Gasteiger partial charge >= 0.3 is 0 Å². The van der Waals surface area contributed by atoms with E-state index in [9.17, 15) is 0 Å². The van der Waals surface area contributed by atoms with Crippen molar-refractivity contribution in [2.75, 3.05) is 0 Å². The van der Waals surface area contributed by atoms with Gasteiger partial charge in [0.25, 0.3) is 0 Å². The van der Waals surface area contributed by atoms with Crippen LogP contribution >= 0.6 is 0 Å². The van der Waals surface area contributed by atoms with Crippen molar-refractivity contribution in [2.24, 2.45) is 0 Å². The number of aryl methyl sites for hydroxylation is 2. The van der Waals surface area contributed by atoms with E-state index in [-0.39, 0.29) is 20.1 Å². The molecule has 0 aliphatic heterocycles. The molecule has 0 N–H and O–H groups in total. The number of rotatable bonds is 3. The summed E-state index contributed by atoms with van der Waals surface area (Å²) in [5.74, 6) is 0. The summed E-state index contributed by atoms with van der Waals surface area (Å²) in [7, 11) is 0. The van der Waals surface area contributed by atoms with E-state index in [1.54, 1.807) is 0 Å². The minimum Gasteiger partial charge on any atom is -0.200 e. The summed E-state index contributed by atoms with van der Waals surface area (Å²) in [5, 5.41) is 9.80. The zero-order chi connectivity index (χ0) is 20.5. The minimum absolute atomic E-state index is 0. The van der Waals surface area contributed by atoms with Crippen molar-refractivity contribution >= 4 is 10.9 Å². The Morgan fingerprint density at radius 3 is 2.03 bits per heavy atom. The maximum absolute atomic E-state index is 4.38. The van der Waals surface area contributed by atoms with Gasteiger partial charge in [0, 0.05) is 25.8 Å². The van der Waals surface area contributed by atoms with Gasteiger partial charge in [-0.2, -0.15) is 5.10 Å². The molecule has 31 heavy (non-hydrogen) atoms. The van der Waals surface area contributed by atoms with Crippen LogP contribution in [0.4, 0.5) is 0 Å². The maximum Gasteiger partial charge on any atom is 0.0912 e. The third kappa shape index (κ3) is 4.34. The SMILES string of the molecule is Cc1cc(C)cc(-c2ccccc2-c2c[c-]c(-c3cc4ccccc4nn3)cc2)c1.[Ir]. The Bertz CT molecular complexity index is 1340. The fraction of sp³-hybridized carbons (Fsp3) is 0.0714. The molecule has 0 saturated carbocycles. The van der Waals surface area contributed by atoms with Crippen LogP contribution in [0.1, 0.15) is 11.1 Å². The summed E-state index contributed by atoms with van der Waals surface area (Å²) in [5.41, 5.74) is 10.1. The molecule has 0 atom stereocenters. The van der Waals surface area contributed by atoms with E-state index < -0.39 is 0 Å². The van der Waals surface area contributed by atoms with Crippen LogP contribution in [0.15, 0.2) is 91.0 Å². The Balaban J connectivity index is 0.00000231. The third-order valence-corrected chi connectivity index (χ3v) is 5.35. The van der Waals surface area contributed by atoms with Gasteiger partial charge in [-0.1, -0.05) is 89.0 Å². The Kier molecular flexibility index (Phi) is 6.08. The first-order valence-electron chi connectivity index (χ1n) is 10.1. The third-order valence-electron chi connectivity index (χ3n) is 5.35. The van der Waals surface area contributed by atoms with Crippen molar-refractivity contribution < 1.29 is 20.1 Å². The molecule has 1 radical (unpaired) electrons. The summed E-state index contributed by atoms with van der Waals surface area (Å²) in [4.78, 5) is 0. The number of fused-ring (bicyclic) bond motifs is 1. The average Bonchev–Trinajstić information content (AvgIpc) is 2.78. The number of hydrogen-bond acceptors (Lipinski definition) is 2. The van der Waals surface area contributed by atoms with E-state index in [0.717, 1.165) is 27.7 Å². The number of nitrogens with zero attached hydrogens (tertiary/aromatic N) is 2. The molecule has 0 fully saturated rings. The summed E-state index contributed by atoms with van der Waals surface area (Å²) < 4.78 is 0. The fourth-order valence-corrected chi connectivity index (χ4v) is 3.98. The minimum atomic E-state index is 0. The van der Waals surface area contributed by atoms with Crippen LogP contribution in [0, 0.1) is 19.9 Å². The monoisotopic (exact) mass is 578 g/mol. The van der Waals surface area contributed by atoms with E-state index in [1.807, 2.05) is 24.3 Å². The van der Waals surface area contributed by atoms with Gasteiger partial charge in [0.15, 0.2) is 0 Å². The number of hydrogen-bond donors (Lipinski definition) is 0. The van der Waals surface area contributed by atoms with Gasteiger partial charge in [-0.05, 0) is 36.4 Å². The van der Waals surface area contributed by atoms with Crippen LogP contribution in [-0.4, -0.2) is 10.2 Å². The molecule has 0 unspecified atom stereocenters. The molecule has 0 saturated heterocycles. The molecule has 1 heterocycles. The smallest absolute Gasteiger partial charge is 0.0912 e. The quantitative estimate of drug-likeness (QED) is 0.215. The molecular formula is C28H21IrN2-. The van der Waals surface area contributed by atoms with Gasteiger partial charge in [0.05, 0.1) is 5.52 Å². The van der Waals surface area contributed by atoms with Crippen molar-refractivity contribution in [3.8, 4) is 33.5 Å². The average molecular weight is 578 g/mol. The molecule has 0 spiro atoms. The van der Waals surface area contributed by atoms with Gasteiger partial charge in [0.2, 0.25) is 0 Å². The molecule has 0 amide bonds. The standard InChI is InChI=1S/C28H21N2.Ir/c1-19-15-20(2)17-24(16-19)26-9-5-4-8-25(26)21-11-13-22(14-12-21)28-18-23-7-3-6-10-27(23)29-30-28;/h3-13,15-18H,1-2H3;/q-1;. The predicted molar refractivity (Wildman–Crippen MR) is 124 cm³/mol. The van der Waals surface area contributed by atoms with Crippen LogP contribution in [0.5, 0.6) is 0 Å². The fourth-order valence-electron chi connectivity index (χ4n) is 3.98. The second kappa shape index (κ2) is 8.93. The second-order valence-corrected chi connectivity index (χ2v) is 7.70. The molecule has 0 bridgehead atoms. The Morgan fingerprint density at radius 1 is 0.645 bits per heavy atom. The van der Waals surface area contributed by atoms with Crippen molar-refractivity contribution in [3.63, 3.8) is 0 Å². The van der Waals surface area contributed by atoms with Gasteiger partial charge < -0.3 is 0 Å². The molecule has 0 aliphatic rings. The molecular weight excluding hydrogens is 557 g/mol. The zero-order valence-corrected chi connectivity index (χ0v) is 19.8. The maximum atomic E-state index is 4.38. The molecule has 2 nitrogen and oxygen atoms in total. The van der Waals surface area contributed by atoms with Crippen molar-refractivity contribution in [1.82, 2.24) is 10.2 Å². The van der Waals surface area contributed by atoms with E-state index >= 15 is 0 Å². The van der Waals surface area contributed by atoms with Crippen LogP contribution in [0.2, 0.25) is 0 Å². The summed E-state index contributed by atoms with van der Waals surface area (Å²) in [6, 6.07) is 35.0. The summed E-state index contributed by atoms with van der Waals surface area (Å²) in [6.07, 6.45) is 0. The Morgan fingerprint density at radius 2 is 1.32 bits per heavy atom. The molecule has 5 aromatic rings. The molecule has 3 heteroatoms. The zero-order valence-electron chi connectivity index (χ0n) is 17.4. The molecule has 4 aromatic carbocycles. The first-order chi connectivity index (χ1) is 14.7. The van der Waals surface area contributed by atoms with E-state index in [2.05, 4.69) is 96.8 Å². The number of aromatic nitrogens is 2. The van der Waals surface area contributed by atoms with Crippen LogP contribution in [0.25, 0.3) is 44.4 Å². The largest absolute Gasteiger partial charge is 0.200 e. The van der Waals surface area contributed by atoms with E-state index in [1.165, 1.54) is 27.8 Å². The predicted octanol–water partition coefficient (Wildman–Crippen LogP) is 7.05. The molecule has 153 valence electrons. The van der Waals surface area contributed by atoms with Crippen molar-refractivity contribution in [2.45, 2.75) is 13.8 Å². The first-order valence-corrected chi connectivity index (χ1v) is 10.1. The molecule has 1 aromatic heterocycles. The second-order valence-electron chi connectivity index (χ2n) is 7.70. The Labute approximate surface area is 196 Å². The van der Waals surface area contributed by atoms with E-state index in [0.29, 0.717) is 0 Å². The summed E-state index contributed by atoms with van der Waals surface area (Å²) in [6.45, 7) is 4.29. The van der Waals surface area contributed by atoms with Gasteiger partial charge in [-0.3, -0.25) is 0 Å². The van der Waals surface area contributed by atoms with Crippen LogP contribution < -0.4 is 0 Å². The van der Waals surface area contributed by atoms with Crippen molar-refractivity contribution in [1.29, 1.82) is 0 Å². The van der Waals surface area contributed by atoms with Gasteiger partial charge in [-0.25, -0.2) is 5.10 Å². The normalized spacial score (nSPS) is 10.6. The number of benzene rings is 4. The first kappa shape index (κ1) is 21.1. The van der Waals surface area contributed by atoms with Gasteiger partial charge in [-0.15, -0.1) is 29.8 Å². The summed E-state index contributed by atoms with van der Waals surface area (Å²) >= 11 is 0. The van der Waals surface area contributed by atoms with Crippen LogP contribution in [0.3, 0.4) is 0 Å². The molecule has 5 rings (SSSR count). The Hall–Kier alpha value is -3.13.